The molecule has 1 atom stereocenters. The van der Waals surface area contributed by atoms with Gasteiger partial charge in [-0.15, -0.1) is 0 Å². The molecular formula is C15H17FIN3O3S2. The molecule has 0 bridgehead atoms. The lowest BCUT2D eigenvalue weighted by Crippen LogP contribution is -2.34. The zero-order valence-electron chi connectivity index (χ0n) is 13.9. The molecule has 0 N–H and O–H groups in total. The number of pyridine rings is 1. The van der Waals surface area contributed by atoms with Crippen molar-refractivity contribution in [3.05, 3.63) is 30.0 Å². The van der Waals surface area contributed by atoms with E-state index in [0.717, 1.165) is 12.5 Å². The first-order valence-corrected chi connectivity index (χ1v) is 11.6. The number of hydrogen-bond donors (Lipinski definition) is 0. The normalized spacial score (nSPS) is 12.8. The lowest BCUT2D eigenvalue weighted by Gasteiger charge is -2.20. The SMILES string of the molecule is CC(CS(C)(=O)=O)C(=O)N(C)c1sc(-c2cncc(F)c2)nc1CI. The van der Waals surface area contributed by atoms with Crippen LogP contribution in [0.15, 0.2) is 18.5 Å². The molecule has 0 aliphatic carbocycles. The molecule has 1 amide bonds. The van der Waals surface area contributed by atoms with Gasteiger partial charge < -0.3 is 4.90 Å². The lowest BCUT2D eigenvalue weighted by atomic mass is 10.2. The first-order chi connectivity index (χ1) is 11.6. The maximum atomic E-state index is 13.4. The van der Waals surface area contributed by atoms with Crippen LogP contribution in [0.5, 0.6) is 0 Å². The van der Waals surface area contributed by atoms with E-state index in [1.807, 2.05) is 0 Å². The van der Waals surface area contributed by atoms with Crippen molar-refractivity contribution in [2.75, 3.05) is 24.0 Å². The largest absolute Gasteiger partial charge is 0.305 e. The second-order valence-electron chi connectivity index (χ2n) is 5.69. The number of amides is 1. The van der Waals surface area contributed by atoms with Crippen molar-refractivity contribution in [1.82, 2.24) is 9.97 Å². The second kappa shape index (κ2) is 8.04. The molecule has 0 saturated carbocycles. The molecule has 10 heteroatoms. The highest BCUT2D eigenvalue weighted by Gasteiger charge is 2.26. The van der Waals surface area contributed by atoms with Crippen LogP contribution < -0.4 is 4.90 Å². The Morgan fingerprint density at radius 1 is 1.44 bits per heavy atom. The van der Waals surface area contributed by atoms with Gasteiger partial charge in [-0.05, 0) is 6.07 Å². The van der Waals surface area contributed by atoms with Crippen molar-refractivity contribution >= 4 is 54.7 Å². The van der Waals surface area contributed by atoms with E-state index in [1.54, 1.807) is 14.0 Å². The Hall–Kier alpha value is -1.14. The molecule has 2 aromatic heterocycles. The average molecular weight is 497 g/mol. The monoisotopic (exact) mass is 497 g/mol. The fourth-order valence-corrected chi connectivity index (χ4v) is 5.17. The smallest absolute Gasteiger partial charge is 0.231 e. The Balaban J connectivity index is 2.33. The summed E-state index contributed by atoms with van der Waals surface area (Å²) in [5, 5.41) is 1.18. The summed E-state index contributed by atoms with van der Waals surface area (Å²) in [7, 11) is -1.66. The highest BCUT2D eigenvalue weighted by atomic mass is 127. The van der Waals surface area contributed by atoms with Crippen molar-refractivity contribution < 1.29 is 17.6 Å². The van der Waals surface area contributed by atoms with Crippen molar-refractivity contribution in [3.63, 3.8) is 0 Å². The van der Waals surface area contributed by atoms with Gasteiger partial charge in [0.05, 0.1) is 17.6 Å². The maximum Gasteiger partial charge on any atom is 0.231 e. The molecule has 0 spiro atoms. The molecule has 136 valence electrons. The van der Waals surface area contributed by atoms with Gasteiger partial charge in [-0.1, -0.05) is 40.9 Å². The van der Waals surface area contributed by atoms with Gasteiger partial charge in [0.15, 0.2) is 0 Å². The van der Waals surface area contributed by atoms with Crippen LogP contribution in [-0.4, -0.2) is 43.3 Å². The third-order valence-corrected chi connectivity index (χ3v) is 6.42. The summed E-state index contributed by atoms with van der Waals surface area (Å²) in [5.41, 5.74) is 1.22. The first kappa shape index (κ1) is 20.2. The molecule has 25 heavy (non-hydrogen) atoms. The maximum absolute atomic E-state index is 13.4. The summed E-state index contributed by atoms with van der Waals surface area (Å²) in [4.78, 5) is 22.3. The summed E-state index contributed by atoms with van der Waals surface area (Å²) < 4.78 is 36.8. The van der Waals surface area contributed by atoms with Gasteiger partial charge in [-0.3, -0.25) is 9.78 Å². The molecule has 2 aromatic rings. The van der Waals surface area contributed by atoms with E-state index < -0.39 is 21.6 Å². The molecule has 0 aliphatic heterocycles. The number of aromatic nitrogens is 2. The Morgan fingerprint density at radius 2 is 2.12 bits per heavy atom. The van der Waals surface area contributed by atoms with E-state index in [2.05, 4.69) is 32.6 Å². The summed E-state index contributed by atoms with van der Waals surface area (Å²) in [6, 6.07) is 1.33. The molecule has 0 fully saturated rings. The number of hydrogen-bond acceptors (Lipinski definition) is 6. The van der Waals surface area contributed by atoms with Gasteiger partial charge in [0.25, 0.3) is 0 Å². The van der Waals surface area contributed by atoms with Gasteiger partial charge in [0.1, 0.15) is 25.7 Å². The molecule has 2 rings (SSSR count). The number of anilines is 1. The fraction of sp³-hybridized carbons (Fsp3) is 0.400. The summed E-state index contributed by atoms with van der Waals surface area (Å²) in [6.07, 6.45) is 3.73. The van der Waals surface area contributed by atoms with E-state index in [0.29, 0.717) is 25.7 Å². The summed E-state index contributed by atoms with van der Waals surface area (Å²) >= 11 is 3.39. The van der Waals surface area contributed by atoms with E-state index in [-0.39, 0.29) is 11.7 Å². The van der Waals surface area contributed by atoms with E-state index in [4.69, 9.17) is 0 Å². The van der Waals surface area contributed by atoms with E-state index in [9.17, 15) is 17.6 Å². The average Bonchev–Trinajstić information content (AvgIpc) is 2.96. The number of carbonyl (C=O) groups excluding carboxylic acids is 1. The topological polar surface area (TPSA) is 80.2 Å². The molecule has 2 heterocycles. The van der Waals surface area contributed by atoms with Gasteiger partial charge in [-0.25, -0.2) is 17.8 Å². The highest BCUT2D eigenvalue weighted by molar-refractivity contribution is 14.1. The van der Waals surface area contributed by atoms with Gasteiger partial charge in [0.2, 0.25) is 5.91 Å². The van der Waals surface area contributed by atoms with E-state index in [1.165, 1.54) is 28.5 Å². The number of alkyl halides is 1. The molecule has 0 saturated heterocycles. The number of thiazole rings is 1. The zero-order valence-corrected chi connectivity index (χ0v) is 17.7. The van der Waals surface area contributed by atoms with Crippen LogP contribution in [0.2, 0.25) is 0 Å². The standard InChI is InChI=1S/C15H17FIN3O3S2/c1-9(8-25(3,22)23)14(21)20(2)15-12(5-17)19-13(24-15)10-4-11(16)7-18-6-10/h4,6-7,9H,5,8H2,1-3H3. The molecule has 6 nitrogen and oxygen atoms in total. The number of halogens is 2. The first-order valence-electron chi connectivity index (χ1n) is 7.24. The zero-order chi connectivity index (χ0) is 18.8. The Labute approximate surface area is 163 Å². The second-order valence-corrected chi connectivity index (χ2v) is 9.61. The predicted octanol–water partition coefficient (Wildman–Crippen LogP) is 2.92. The third-order valence-electron chi connectivity index (χ3n) is 3.36. The van der Waals surface area contributed by atoms with Crippen molar-refractivity contribution in [1.29, 1.82) is 0 Å². The highest BCUT2D eigenvalue weighted by Crippen LogP contribution is 2.36. The van der Waals surface area contributed by atoms with Crippen molar-refractivity contribution in [3.8, 4) is 10.6 Å². The number of nitrogens with zero attached hydrogens (tertiary/aromatic N) is 3. The molecule has 0 aliphatic rings. The minimum Gasteiger partial charge on any atom is -0.305 e. The van der Waals surface area contributed by atoms with Crippen LogP contribution in [0.25, 0.3) is 10.6 Å². The fourth-order valence-electron chi connectivity index (χ4n) is 2.30. The third kappa shape index (κ3) is 5.17. The number of rotatable bonds is 6. The van der Waals surface area contributed by atoms with Gasteiger partial charge in [-0.2, -0.15) is 0 Å². The lowest BCUT2D eigenvalue weighted by molar-refractivity contribution is -0.121. The van der Waals surface area contributed by atoms with Gasteiger partial charge in [0, 0.05) is 35.4 Å². The Bertz CT molecular complexity index is 886. The molecule has 1 unspecified atom stereocenters. The van der Waals surface area contributed by atoms with Crippen molar-refractivity contribution in [2.24, 2.45) is 5.92 Å². The Morgan fingerprint density at radius 3 is 2.68 bits per heavy atom. The molecule has 0 aromatic carbocycles. The quantitative estimate of drug-likeness (QED) is 0.453. The van der Waals surface area contributed by atoms with Crippen LogP contribution in [0, 0.1) is 11.7 Å². The van der Waals surface area contributed by atoms with Gasteiger partial charge >= 0.3 is 0 Å². The van der Waals surface area contributed by atoms with Crippen LogP contribution >= 0.6 is 33.9 Å². The van der Waals surface area contributed by atoms with Crippen LogP contribution in [0.4, 0.5) is 9.39 Å². The Kier molecular flexibility index (Phi) is 6.49. The van der Waals surface area contributed by atoms with Crippen LogP contribution in [0.1, 0.15) is 12.6 Å². The summed E-state index contributed by atoms with van der Waals surface area (Å²) in [6.45, 7) is 1.59. The summed E-state index contributed by atoms with van der Waals surface area (Å²) in [5.74, 6) is -1.64. The predicted molar refractivity (Wildman–Crippen MR) is 105 cm³/mol. The van der Waals surface area contributed by atoms with Crippen LogP contribution in [0.3, 0.4) is 0 Å². The van der Waals surface area contributed by atoms with Crippen LogP contribution in [-0.2, 0) is 19.1 Å². The van der Waals surface area contributed by atoms with E-state index >= 15 is 0 Å². The number of sulfone groups is 1. The number of carbonyl (C=O) groups is 1. The molecule has 0 radical (unpaired) electrons. The minimum absolute atomic E-state index is 0.213. The van der Waals surface area contributed by atoms with Crippen molar-refractivity contribution in [2.45, 2.75) is 11.4 Å². The molecular weight excluding hydrogens is 480 g/mol. The minimum atomic E-state index is -3.25.